The summed E-state index contributed by atoms with van der Waals surface area (Å²) in [6.07, 6.45) is 0.956. The van der Waals surface area contributed by atoms with Gasteiger partial charge in [0.25, 0.3) is 0 Å². The number of piperidine rings is 1. The molecule has 0 radical (unpaired) electrons. The molecule has 1 aromatic rings. The highest BCUT2D eigenvalue weighted by Gasteiger charge is 2.34. The van der Waals surface area contributed by atoms with Gasteiger partial charge in [0.1, 0.15) is 0 Å². The smallest absolute Gasteiger partial charge is 0.310 e. The molecule has 0 bridgehead atoms. The Morgan fingerprint density at radius 1 is 1.21 bits per heavy atom. The van der Waals surface area contributed by atoms with Crippen LogP contribution in [0, 0.1) is 25.7 Å². The van der Waals surface area contributed by atoms with Crippen LogP contribution in [0.3, 0.4) is 0 Å². The largest absolute Gasteiger partial charge is 0.469 e. The van der Waals surface area contributed by atoms with Gasteiger partial charge in [-0.2, -0.15) is 4.31 Å². The number of ether oxygens (including phenoxy) is 1. The van der Waals surface area contributed by atoms with Gasteiger partial charge in [-0.05, 0) is 56.9 Å². The van der Waals surface area contributed by atoms with Gasteiger partial charge in [0.2, 0.25) is 15.9 Å². The molecule has 1 atom stereocenters. The Balaban J connectivity index is 2.02. The van der Waals surface area contributed by atoms with Crippen LogP contribution in [0.5, 0.6) is 0 Å². The van der Waals surface area contributed by atoms with Gasteiger partial charge in [-0.15, -0.1) is 0 Å². The van der Waals surface area contributed by atoms with Crippen LogP contribution in [-0.2, 0) is 24.3 Å². The molecular weight excluding hydrogens is 392 g/mol. The van der Waals surface area contributed by atoms with E-state index in [9.17, 15) is 18.0 Å². The summed E-state index contributed by atoms with van der Waals surface area (Å²) in [5.41, 5.74) is 1.99. The molecule has 1 saturated heterocycles. The van der Waals surface area contributed by atoms with Crippen molar-refractivity contribution in [2.75, 3.05) is 33.3 Å². The third kappa shape index (κ3) is 5.36. The van der Waals surface area contributed by atoms with Gasteiger partial charge >= 0.3 is 5.97 Å². The predicted octanol–water partition coefficient (Wildman–Crippen LogP) is 2.36. The highest BCUT2D eigenvalue weighted by Crippen LogP contribution is 2.26. The summed E-state index contributed by atoms with van der Waals surface area (Å²) >= 11 is 0. The van der Waals surface area contributed by atoms with E-state index in [0.29, 0.717) is 43.9 Å². The van der Waals surface area contributed by atoms with Gasteiger partial charge in [0.15, 0.2) is 0 Å². The number of nitrogens with zero attached hydrogens (tertiary/aromatic N) is 2. The quantitative estimate of drug-likeness (QED) is 0.628. The van der Waals surface area contributed by atoms with Crippen molar-refractivity contribution in [2.24, 2.45) is 11.8 Å². The van der Waals surface area contributed by atoms with Gasteiger partial charge in [0.05, 0.1) is 17.9 Å². The first kappa shape index (κ1) is 23.3. The monoisotopic (exact) mass is 424 g/mol. The van der Waals surface area contributed by atoms with Gasteiger partial charge < -0.3 is 9.64 Å². The van der Waals surface area contributed by atoms with E-state index in [2.05, 4.69) is 0 Å². The molecule has 1 aromatic carbocycles. The van der Waals surface area contributed by atoms with Gasteiger partial charge in [0, 0.05) is 32.1 Å². The van der Waals surface area contributed by atoms with Crippen molar-refractivity contribution in [3.8, 4) is 0 Å². The van der Waals surface area contributed by atoms with Crippen molar-refractivity contribution in [2.45, 2.75) is 45.4 Å². The Morgan fingerprint density at radius 3 is 2.34 bits per heavy atom. The average molecular weight is 425 g/mol. The maximum absolute atomic E-state index is 13.0. The first-order chi connectivity index (χ1) is 13.6. The van der Waals surface area contributed by atoms with E-state index in [-0.39, 0.29) is 17.8 Å². The number of rotatable bonds is 7. The third-order valence-corrected chi connectivity index (χ3v) is 7.61. The standard InChI is InChI=1S/C21H32N2O5S/c1-6-22(14-17(4)21(25)28-5)20(24)18-9-11-23(12-10-18)29(26,27)19-8-7-15(2)16(3)13-19/h7-8,13,17-18H,6,9-12,14H2,1-5H3. The number of carbonyl (C=O) groups excluding carboxylic acids is 2. The first-order valence-electron chi connectivity index (χ1n) is 10.1. The summed E-state index contributed by atoms with van der Waals surface area (Å²) < 4.78 is 32.1. The van der Waals surface area contributed by atoms with E-state index in [1.54, 1.807) is 24.0 Å². The summed E-state index contributed by atoms with van der Waals surface area (Å²) in [6, 6.07) is 5.16. The fraction of sp³-hybridized carbons (Fsp3) is 0.619. The highest BCUT2D eigenvalue weighted by molar-refractivity contribution is 7.89. The molecule has 1 amide bonds. The normalized spacial score (nSPS) is 17.0. The Hall–Kier alpha value is -1.93. The second-order valence-electron chi connectivity index (χ2n) is 7.73. The molecular formula is C21H32N2O5S. The van der Waals surface area contributed by atoms with Crippen molar-refractivity contribution in [1.82, 2.24) is 9.21 Å². The fourth-order valence-electron chi connectivity index (χ4n) is 3.61. The van der Waals surface area contributed by atoms with Gasteiger partial charge in [-0.1, -0.05) is 13.0 Å². The Bertz CT molecular complexity index is 845. The summed E-state index contributed by atoms with van der Waals surface area (Å²) in [5, 5.41) is 0. The molecule has 1 aliphatic heterocycles. The van der Waals surface area contributed by atoms with Crippen LogP contribution in [0.15, 0.2) is 23.1 Å². The van der Waals surface area contributed by atoms with Gasteiger partial charge in [-0.25, -0.2) is 8.42 Å². The summed E-state index contributed by atoms with van der Waals surface area (Å²) in [6.45, 7) is 8.90. The van der Waals surface area contributed by atoms with Crippen molar-refractivity contribution in [1.29, 1.82) is 0 Å². The number of benzene rings is 1. The molecule has 2 rings (SSSR count). The second-order valence-corrected chi connectivity index (χ2v) is 9.66. The number of sulfonamides is 1. The zero-order chi connectivity index (χ0) is 21.8. The molecule has 162 valence electrons. The van der Waals surface area contributed by atoms with E-state index in [4.69, 9.17) is 4.74 Å². The molecule has 1 fully saturated rings. The number of amides is 1. The minimum absolute atomic E-state index is 0.0218. The average Bonchev–Trinajstić information content (AvgIpc) is 2.72. The summed E-state index contributed by atoms with van der Waals surface area (Å²) in [5.74, 6) is -0.989. The lowest BCUT2D eigenvalue weighted by atomic mass is 9.96. The number of hydrogen-bond acceptors (Lipinski definition) is 5. The van der Waals surface area contributed by atoms with E-state index < -0.39 is 15.9 Å². The third-order valence-electron chi connectivity index (χ3n) is 5.71. The van der Waals surface area contributed by atoms with Crippen molar-refractivity contribution >= 4 is 21.9 Å². The van der Waals surface area contributed by atoms with Crippen LogP contribution in [0.1, 0.15) is 37.8 Å². The minimum atomic E-state index is -3.56. The number of aryl methyl sites for hydroxylation is 2. The first-order valence-corrected chi connectivity index (χ1v) is 11.5. The van der Waals surface area contributed by atoms with Gasteiger partial charge in [-0.3, -0.25) is 9.59 Å². The molecule has 0 aromatic heterocycles. The maximum Gasteiger partial charge on any atom is 0.310 e. The van der Waals surface area contributed by atoms with Crippen LogP contribution in [0.25, 0.3) is 0 Å². The zero-order valence-corrected chi connectivity index (χ0v) is 18.8. The molecule has 0 saturated carbocycles. The minimum Gasteiger partial charge on any atom is -0.469 e. The topological polar surface area (TPSA) is 84.0 Å². The lowest BCUT2D eigenvalue weighted by Gasteiger charge is -2.34. The lowest BCUT2D eigenvalue weighted by Crippen LogP contribution is -2.45. The molecule has 0 N–H and O–H groups in total. The number of hydrogen-bond donors (Lipinski definition) is 0. The predicted molar refractivity (Wildman–Crippen MR) is 111 cm³/mol. The second kappa shape index (κ2) is 9.71. The summed E-state index contributed by atoms with van der Waals surface area (Å²) in [7, 11) is -2.23. The van der Waals surface area contributed by atoms with Crippen molar-refractivity contribution in [3.63, 3.8) is 0 Å². The molecule has 8 heteroatoms. The molecule has 0 spiro atoms. The molecule has 1 heterocycles. The van der Waals surface area contributed by atoms with E-state index in [1.165, 1.54) is 11.4 Å². The van der Waals surface area contributed by atoms with Crippen LogP contribution >= 0.6 is 0 Å². The van der Waals surface area contributed by atoms with E-state index >= 15 is 0 Å². The molecule has 1 aliphatic rings. The lowest BCUT2D eigenvalue weighted by molar-refractivity contribution is -0.147. The zero-order valence-electron chi connectivity index (χ0n) is 18.0. The molecule has 0 aliphatic carbocycles. The maximum atomic E-state index is 13.0. The molecule has 7 nitrogen and oxygen atoms in total. The Labute approximate surface area is 174 Å². The SMILES string of the molecule is CCN(CC(C)C(=O)OC)C(=O)C1CCN(S(=O)(=O)c2ccc(C)c(C)c2)CC1. The van der Waals surface area contributed by atoms with Crippen LogP contribution in [-0.4, -0.2) is 62.8 Å². The van der Waals surface area contributed by atoms with Crippen LogP contribution in [0.2, 0.25) is 0 Å². The number of methoxy groups -OCH3 is 1. The van der Waals surface area contributed by atoms with Crippen molar-refractivity contribution < 1.29 is 22.7 Å². The molecule has 1 unspecified atom stereocenters. The van der Waals surface area contributed by atoms with Crippen LogP contribution in [0.4, 0.5) is 0 Å². The Morgan fingerprint density at radius 2 is 1.83 bits per heavy atom. The van der Waals surface area contributed by atoms with E-state index in [1.807, 2.05) is 26.8 Å². The summed E-state index contributed by atoms with van der Waals surface area (Å²) in [4.78, 5) is 26.5. The van der Waals surface area contributed by atoms with E-state index in [0.717, 1.165) is 11.1 Å². The van der Waals surface area contributed by atoms with Crippen molar-refractivity contribution in [3.05, 3.63) is 29.3 Å². The number of esters is 1. The number of carbonyl (C=O) groups is 2. The highest BCUT2D eigenvalue weighted by atomic mass is 32.2. The fourth-order valence-corrected chi connectivity index (χ4v) is 5.16. The Kier molecular flexibility index (Phi) is 7.82. The molecule has 29 heavy (non-hydrogen) atoms. The van der Waals surface area contributed by atoms with Crippen LogP contribution < -0.4 is 0 Å².